The molecule has 0 aliphatic heterocycles. The zero-order chi connectivity index (χ0) is 19.3. The Morgan fingerprint density at radius 3 is 2.44 bits per heavy atom. The smallest absolute Gasteiger partial charge is 0.243 e. The molecule has 1 saturated carbocycles. The van der Waals surface area contributed by atoms with Crippen LogP contribution in [0.4, 0.5) is 11.4 Å². The van der Waals surface area contributed by atoms with Crippen LogP contribution in [0.5, 0.6) is 0 Å². The van der Waals surface area contributed by atoms with Gasteiger partial charge in [0.05, 0.1) is 16.3 Å². The molecule has 0 bridgehead atoms. The Morgan fingerprint density at radius 2 is 1.89 bits per heavy atom. The van der Waals surface area contributed by atoms with Gasteiger partial charge in [0.1, 0.15) is 0 Å². The number of halogens is 1. The number of carbonyl (C=O) groups excluding carboxylic acids is 1. The van der Waals surface area contributed by atoms with Crippen molar-refractivity contribution in [2.75, 3.05) is 37.3 Å². The number of nitrogens with one attached hydrogen (secondary N) is 2. The monoisotopic (exact) mass is 418 g/mol. The Balaban J connectivity index is 0.00000364. The largest absolute Gasteiger partial charge is 0.386 e. The number of hydrogen-bond acceptors (Lipinski definition) is 5. The lowest BCUT2D eigenvalue weighted by Gasteiger charge is -2.21. The summed E-state index contributed by atoms with van der Waals surface area (Å²) in [6, 6.07) is 4.78. The molecule has 7 nitrogen and oxygen atoms in total. The maximum atomic E-state index is 12.8. The molecule has 0 saturated heterocycles. The van der Waals surface area contributed by atoms with Crippen LogP contribution in [-0.4, -0.2) is 45.3 Å². The van der Waals surface area contributed by atoms with E-state index in [1.807, 2.05) is 0 Å². The maximum Gasteiger partial charge on any atom is 0.243 e. The van der Waals surface area contributed by atoms with E-state index in [0.29, 0.717) is 31.0 Å². The van der Waals surface area contributed by atoms with Gasteiger partial charge < -0.3 is 16.4 Å². The molecule has 0 spiro atoms. The number of amides is 1. The third-order valence-corrected chi connectivity index (χ3v) is 7.21. The molecule has 4 N–H and O–H groups in total. The van der Waals surface area contributed by atoms with Gasteiger partial charge in [0.2, 0.25) is 15.9 Å². The van der Waals surface area contributed by atoms with E-state index in [2.05, 4.69) is 10.6 Å². The molecule has 1 fully saturated rings. The Labute approximate surface area is 168 Å². The number of sulfonamides is 1. The number of carbonyl (C=O) groups is 1. The maximum absolute atomic E-state index is 12.8. The molecular formula is C18H31ClN4O3S. The lowest BCUT2D eigenvalue weighted by atomic mass is 9.95. The van der Waals surface area contributed by atoms with E-state index in [9.17, 15) is 13.2 Å². The van der Waals surface area contributed by atoms with Gasteiger partial charge in [0.25, 0.3) is 0 Å². The molecule has 1 aliphatic carbocycles. The van der Waals surface area contributed by atoms with Crippen molar-refractivity contribution in [3.8, 4) is 0 Å². The number of nitrogens with two attached hydrogens (primary N) is 1. The number of anilines is 2. The minimum atomic E-state index is -3.58. The van der Waals surface area contributed by atoms with Crippen LogP contribution in [0.15, 0.2) is 23.1 Å². The Bertz CT molecular complexity index is 738. The summed E-state index contributed by atoms with van der Waals surface area (Å²) >= 11 is 0. The fourth-order valence-corrected chi connectivity index (χ4v) is 5.09. The molecule has 0 heterocycles. The summed E-state index contributed by atoms with van der Waals surface area (Å²) < 4.78 is 26.9. The summed E-state index contributed by atoms with van der Waals surface area (Å²) in [5.74, 6) is -0.0183. The van der Waals surface area contributed by atoms with Crippen LogP contribution in [-0.2, 0) is 14.8 Å². The Morgan fingerprint density at radius 1 is 1.22 bits per heavy atom. The average Bonchev–Trinajstić information content (AvgIpc) is 3.11. The highest BCUT2D eigenvalue weighted by molar-refractivity contribution is 7.89. The van der Waals surface area contributed by atoms with E-state index in [1.165, 1.54) is 10.4 Å². The molecule has 154 valence electrons. The lowest BCUT2D eigenvalue weighted by Crippen LogP contribution is -2.31. The van der Waals surface area contributed by atoms with Crippen LogP contribution in [0.1, 0.15) is 33.1 Å². The Kier molecular flexibility index (Phi) is 9.01. The third kappa shape index (κ3) is 5.13. The first-order chi connectivity index (χ1) is 12.4. The van der Waals surface area contributed by atoms with Crippen LogP contribution in [0.2, 0.25) is 0 Å². The number of nitrogens with zero attached hydrogens (tertiary/aromatic N) is 1. The quantitative estimate of drug-likeness (QED) is 0.601. The normalized spacial score (nSPS) is 19.6. The van der Waals surface area contributed by atoms with Gasteiger partial charge in [-0.15, -0.1) is 12.4 Å². The third-order valence-electron chi connectivity index (χ3n) is 5.16. The first-order valence-electron chi connectivity index (χ1n) is 9.21. The van der Waals surface area contributed by atoms with Crippen molar-refractivity contribution < 1.29 is 13.2 Å². The van der Waals surface area contributed by atoms with Crippen molar-refractivity contribution in [1.82, 2.24) is 4.31 Å². The van der Waals surface area contributed by atoms with Crippen LogP contribution in [0.25, 0.3) is 0 Å². The van der Waals surface area contributed by atoms with E-state index in [0.717, 1.165) is 19.3 Å². The molecule has 1 aromatic rings. The van der Waals surface area contributed by atoms with Gasteiger partial charge in [-0.2, -0.15) is 4.31 Å². The van der Waals surface area contributed by atoms with E-state index in [-0.39, 0.29) is 35.0 Å². The van der Waals surface area contributed by atoms with Gasteiger partial charge in [0, 0.05) is 26.1 Å². The highest BCUT2D eigenvalue weighted by Crippen LogP contribution is 2.33. The van der Waals surface area contributed by atoms with Gasteiger partial charge in [-0.1, -0.05) is 20.3 Å². The van der Waals surface area contributed by atoms with Crippen LogP contribution >= 0.6 is 12.4 Å². The molecule has 0 aromatic heterocycles. The standard InChI is InChI=1S/C18H30N4O3S.ClH/c1-4-22(5-2)26(24,25)14-9-10-16(20-3)17(11-14)21-18(23)15-8-6-7-13(15)12-19;/h9-11,13,15,20H,4-8,12,19H2,1-3H3,(H,21,23);1H/t13-,15-;/m1./s1. The van der Waals surface area contributed by atoms with Crippen molar-refractivity contribution in [2.24, 2.45) is 17.6 Å². The first-order valence-corrected chi connectivity index (χ1v) is 10.7. The summed E-state index contributed by atoms with van der Waals surface area (Å²) in [6.07, 6.45) is 2.78. The molecule has 1 aromatic carbocycles. The number of rotatable bonds is 8. The van der Waals surface area contributed by atoms with Crippen molar-refractivity contribution in [2.45, 2.75) is 38.0 Å². The first kappa shape index (κ1) is 23.7. The zero-order valence-electron chi connectivity index (χ0n) is 16.2. The highest BCUT2D eigenvalue weighted by atomic mass is 35.5. The second kappa shape index (κ2) is 10.3. The van der Waals surface area contributed by atoms with Gasteiger partial charge in [-0.25, -0.2) is 8.42 Å². The Hall–Kier alpha value is -1.35. The van der Waals surface area contributed by atoms with Crippen molar-refractivity contribution >= 4 is 39.7 Å². The second-order valence-corrected chi connectivity index (χ2v) is 8.51. The molecule has 0 unspecified atom stereocenters. The van der Waals surface area contributed by atoms with Crippen molar-refractivity contribution in [1.29, 1.82) is 0 Å². The summed E-state index contributed by atoms with van der Waals surface area (Å²) in [4.78, 5) is 12.9. The van der Waals surface area contributed by atoms with E-state index in [4.69, 9.17) is 5.73 Å². The second-order valence-electron chi connectivity index (χ2n) is 6.57. The van der Waals surface area contributed by atoms with Crippen molar-refractivity contribution in [3.05, 3.63) is 18.2 Å². The number of hydrogen-bond donors (Lipinski definition) is 3. The predicted molar refractivity (Wildman–Crippen MR) is 112 cm³/mol. The van der Waals surface area contributed by atoms with Crippen molar-refractivity contribution in [3.63, 3.8) is 0 Å². The highest BCUT2D eigenvalue weighted by Gasteiger charge is 2.32. The fraction of sp³-hybridized carbons (Fsp3) is 0.611. The molecule has 1 aliphatic rings. The van der Waals surface area contributed by atoms with Crippen LogP contribution in [0, 0.1) is 11.8 Å². The fourth-order valence-electron chi connectivity index (χ4n) is 3.61. The van der Waals surface area contributed by atoms with Gasteiger partial charge in [-0.3, -0.25) is 4.79 Å². The molecule has 2 rings (SSSR count). The van der Waals surface area contributed by atoms with E-state index in [1.54, 1.807) is 33.0 Å². The van der Waals surface area contributed by atoms with Gasteiger partial charge in [-0.05, 0) is 43.5 Å². The number of benzene rings is 1. The van der Waals surface area contributed by atoms with Crippen LogP contribution < -0.4 is 16.4 Å². The molecule has 27 heavy (non-hydrogen) atoms. The molecular weight excluding hydrogens is 388 g/mol. The lowest BCUT2D eigenvalue weighted by molar-refractivity contribution is -0.120. The summed E-state index contributed by atoms with van der Waals surface area (Å²) in [5, 5.41) is 5.92. The average molecular weight is 419 g/mol. The summed E-state index contributed by atoms with van der Waals surface area (Å²) in [7, 11) is -1.85. The topological polar surface area (TPSA) is 105 Å². The van der Waals surface area contributed by atoms with E-state index >= 15 is 0 Å². The van der Waals surface area contributed by atoms with Crippen LogP contribution in [0.3, 0.4) is 0 Å². The predicted octanol–water partition coefficient (Wildman–Crippen LogP) is 2.49. The van der Waals surface area contributed by atoms with E-state index < -0.39 is 10.0 Å². The van der Waals surface area contributed by atoms with Gasteiger partial charge >= 0.3 is 0 Å². The molecule has 0 radical (unpaired) electrons. The minimum absolute atomic E-state index is 0. The SMILES string of the molecule is CCN(CC)S(=O)(=O)c1ccc(NC)c(NC(=O)[C@@H]2CCC[C@@H]2CN)c1.Cl. The summed E-state index contributed by atoms with van der Waals surface area (Å²) in [6.45, 7) is 4.90. The zero-order valence-corrected chi connectivity index (χ0v) is 17.8. The molecule has 1 amide bonds. The van der Waals surface area contributed by atoms with Gasteiger partial charge in [0.15, 0.2) is 0 Å². The summed E-state index contributed by atoms with van der Waals surface area (Å²) in [5.41, 5.74) is 6.94. The minimum Gasteiger partial charge on any atom is -0.386 e. The molecule has 9 heteroatoms. The molecule has 2 atom stereocenters.